The second-order valence-electron chi connectivity index (χ2n) is 3.13. The molecule has 1 rings (SSSR count). The van der Waals surface area contributed by atoms with E-state index in [1.165, 1.54) is 0 Å². The molecule has 0 fully saturated rings. The maximum Gasteiger partial charge on any atom is 0.203 e. The van der Waals surface area contributed by atoms with Gasteiger partial charge in [-0.25, -0.2) is 4.98 Å². The fourth-order valence-corrected chi connectivity index (χ4v) is 1.29. The van der Waals surface area contributed by atoms with Crippen molar-refractivity contribution in [2.75, 3.05) is 25.6 Å². The highest BCUT2D eigenvalue weighted by molar-refractivity contribution is 5.27. The van der Waals surface area contributed by atoms with E-state index in [4.69, 9.17) is 4.74 Å². The number of ether oxygens (including phenoxy) is 1. The zero-order valence-corrected chi connectivity index (χ0v) is 8.73. The number of hydrogen-bond acceptors (Lipinski definition) is 3. The Bertz CT molecular complexity index is 283. The van der Waals surface area contributed by atoms with Crippen LogP contribution in [0.5, 0.6) is 0 Å². The first kappa shape index (κ1) is 10.8. The standard InChI is InChI=1S/C10H17N3O/c1-4-5-11-10-12-6-7-13(10)9(2)8-14-3/h4,6-7,9H,1,5,8H2,2-3H3,(H,11,12). The molecule has 0 aliphatic carbocycles. The Morgan fingerprint density at radius 3 is 3.21 bits per heavy atom. The minimum absolute atomic E-state index is 0.287. The molecule has 1 heterocycles. The molecule has 0 radical (unpaired) electrons. The summed E-state index contributed by atoms with van der Waals surface area (Å²) in [7, 11) is 1.70. The van der Waals surface area contributed by atoms with Crippen molar-refractivity contribution in [1.82, 2.24) is 9.55 Å². The van der Waals surface area contributed by atoms with Gasteiger partial charge in [-0.05, 0) is 6.92 Å². The zero-order valence-electron chi connectivity index (χ0n) is 8.73. The molecule has 1 N–H and O–H groups in total. The van der Waals surface area contributed by atoms with Crippen LogP contribution in [0.25, 0.3) is 0 Å². The lowest BCUT2D eigenvalue weighted by atomic mass is 10.3. The third kappa shape index (κ3) is 2.60. The van der Waals surface area contributed by atoms with Gasteiger partial charge in [-0.2, -0.15) is 0 Å². The van der Waals surface area contributed by atoms with E-state index in [1.807, 2.05) is 10.8 Å². The van der Waals surface area contributed by atoms with Crippen LogP contribution in [0, 0.1) is 0 Å². The summed E-state index contributed by atoms with van der Waals surface area (Å²) in [5, 5.41) is 3.16. The first-order valence-electron chi connectivity index (χ1n) is 4.66. The molecule has 0 aliphatic heterocycles. The second-order valence-corrected chi connectivity index (χ2v) is 3.13. The highest BCUT2D eigenvalue weighted by Gasteiger charge is 2.08. The first-order valence-corrected chi connectivity index (χ1v) is 4.66. The minimum atomic E-state index is 0.287. The van der Waals surface area contributed by atoms with Gasteiger partial charge in [0.1, 0.15) is 0 Å². The summed E-state index contributed by atoms with van der Waals surface area (Å²) >= 11 is 0. The van der Waals surface area contributed by atoms with Crippen molar-refractivity contribution >= 4 is 5.95 Å². The van der Waals surface area contributed by atoms with Crippen LogP contribution in [0.1, 0.15) is 13.0 Å². The van der Waals surface area contributed by atoms with E-state index in [1.54, 1.807) is 19.4 Å². The van der Waals surface area contributed by atoms with E-state index in [9.17, 15) is 0 Å². The average molecular weight is 195 g/mol. The second kappa shape index (κ2) is 5.44. The van der Waals surface area contributed by atoms with Crippen molar-refractivity contribution in [2.45, 2.75) is 13.0 Å². The Kier molecular flexibility index (Phi) is 4.19. The fourth-order valence-electron chi connectivity index (χ4n) is 1.29. The molecule has 1 atom stereocenters. The highest BCUT2D eigenvalue weighted by atomic mass is 16.5. The molecule has 78 valence electrons. The van der Waals surface area contributed by atoms with Gasteiger partial charge in [0.05, 0.1) is 12.6 Å². The van der Waals surface area contributed by atoms with Gasteiger partial charge in [-0.1, -0.05) is 6.08 Å². The van der Waals surface area contributed by atoms with E-state index in [0.717, 1.165) is 12.5 Å². The Balaban J connectivity index is 2.65. The predicted molar refractivity (Wildman–Crippen MR) is 57.5 cm³/mol. The smallest absolute Gasteiger partial charge is 0.203 e. The normalized spacial score (nSPS) is 12.4. The van der Waals surface area contributed by atoms with Crippen molar-refractivity contribution in [3.05, 3.63) is 25.0 Å². The van der Waals surface area contributed by atoms with Gasteiger partial charge in [0.15, 0.2) is 0 Å². The molecule has 0 aromatic carbocycles. The fraction of sp³-hybridized carbons (Fsp3) is 0.500. The maximum absolute atomic E-state index is 5.09. The number of anilines is 1. The Hall–Kier alpha value is -1.29. The lowest BCUT2D eigenvalue weighted by Crippen LogP contribution is -2.14. The number of nitrogens with one attached hydrogen (secondary N) is 1. The molecule has 4 nitrogen and oxygen atoms in total. The van der Waals surface area contributed by atoms with Gasteiger partial charge in [-0.15, -0.1) is 6.58 Å². The Morgan fingerprint density at radius 2 is 2.57 bits per heavy atom. The third-order valence-electron chi connectivity index (χ3n) is 1.96. The van der Waals surface area contributed by atoms with Gasteiger partial charge in [0.2, 0.25) is 5.95 Å². The highest BCUT2D eigenvalue weighted by Crippen LogP contribution is 2.13. The van der Waals surface area contributed by atoms with E-state index in [0.29, 0.717) is 6.61 Å². The Labute approximate surface area is 84.6 Å². The number of methoxy groups -OCH3 is 1. The monoisotopic (exact) mass is 195 g/mol. The van der Waals surface area contributed by atoms with Gasteiger partial charge < -0.3 is 14.6 Å². The van der Waals surface area contributed by atoms with Gasteiger partial charge >= 0.3 is 0 Å². The van der Waals surface area contributed by atoms with Gasteiger partial charge in [-0.3, -0.25) is 0 Å². The molecule has 1 unspecified atom stereocenters. The van der Waals surface area contributed by atoms with Gasteiger partial charge in [0.25, 0.3) is 0 Å². The molecule has 1 aromatic rings. The molecule has 0 saturated heterocycles. The van der Waals surface area contributed by atoms with E-state index >= 15 is 0 Å². The van der Waals surface area contributed by atoms with Crippen LogP contribution in [-0.2, 0) is 4.74 Å². The lowest BCUT2D eigenvalue weighted by Gasteiger charge is -2.15. The predicted octanol–water partition coefficient (Wildman–Crippen LogP) is 1.69. The number of rotatable bonds is 6. The SMILES string of the molecule is C=CCNc1nccn1C(C)COC. The van der Waals surface area contributed by atoms with E-state index < -0.39 is 0 Å². The van der Waals surface area contributed by atoms with Gasteiger partial charge in [0, 0.05) is 26.0 Å². The molecule has 0 spiro atoms. The molecule has 0 bridgehead atoms. The summed E-state index contributed by atoms with van der Waals surface area (Å²) in [6.45, 7) is 7.13. The molecule has 0 aliphatic rings. The van der Waals surface area contributed by atoms with Crippen molar-refractivity contribution in [2.24, 2.45) is 0 Å². The molecule has 0 amide bonds. The molecule has 14 heavy (non-hydrogen) atoms. The van der Waals surface area contributed by atoms with Crippen LogP contribution < -0.4 is 5.32 Å². The summed E-state index contributed by atoms with van der Waals surface area (Å²) in [5.41, 5.74) is 0. The van der Waals surface area contributed by atoms with Crippen molar-refractivity contribution in [3.8, 4) is 0 Å². The summed E-state index contributed by atoms with van der Waals surface area (Å²) in [6, 6.07) is 0.287. The minimum Gasteiger partial charge on any atom is -0.383 e. The summed E-state index contributed by atoms with van der Waals surface area (Å²) < 4.78 is 7.14. The summed E-state index contributed by atoms with van der Waals surface area (Å²) in [5.74, 6) is 0.856. The van der Waals surface area contributed by atoms with Crippen LogP contribution in [-0.4, -0.2) is 29.8 Å². The number of aromatic nitrogens is 2. The first-order chi connectivity index (χ1) is 6.79. The van der Waals surface area contributed by atoms with E-state index in [2.05, 4.69) is 23.8 Å². The van der Waals surface area contributed by atoms with Crippen LogP contribution in [0.2, 0.25) is 0 Å². The topological polar surface area (TPSA) is 39.1 Å². The largest absolute Gasteiger partial charge is 0.383 e. The summed E-state index contributed by atoms with van der Waals surface area (Å²) in [6.07, 6.45) is 5.52. The maximum atomic E-state index is 5.09. The zero-order chi connectivity index (χ0) is 10.4. The molecule has 0 saturated carbocycles. The average Bonchev–Trinajstić information content (AvgIpc) is 2.63. The van der Waals surface area contributed by atoms with Crippen molar-refractivity contribution < 1.29 is 4.74 Å². The number of nitrogens with zero attached hydrogens (tertiary/aromatic N) is 2. The number of imidazole rings is 1. The third-order valence-corrected chi connectivity index (χ3v) is 1.96. The van der Waals surface area contributed by atoms with Crippen LogP contribution in [0.3, 0.4) is 0 Å². The van der Waals surface area contributed by atoms with Crippen LogP contribution in [0.15, 0.2) is 25.0 Å². The molecular formula is C10H17N3O. The molecule has 1 aromatic heterocycles. The summed E-state index contributed by atoms with van der Waals surface area (Å²) in [4.78, 5) is 4.21. The molecule has 4 heteroatoms. The van der Waals surface area contributed by atoms with Crippen LogP contribution >= 0.6 is 0 Å². The lowest BCUT2D eigenvalue weighted by molar-refractivity contribution is 0.163. The van der Waals surface area contributed by atoms with E-state index in [-0.39, 0.29) is 6.04 Å². The molecular weight excluding hydrogens is 178 g/mol. The van der Waals surface area contributed by atoms with Crippen molar-refractivity contribution in [3.63, 3.8) is 0 Å². The van der Waals surface area contributed by atoms with Crippen molar-refractivity contribution in [1.29, 1.82) is 0 Å². The Morgan fingerprint density at radius 1 is 1.79 bits per heavy atom. The van der Waals surface area contributed by atoms with Crippen LogP contribution in [0.4, 0.5) is 5.95 Å². The quantitative estimate of drug-likeness (QED) is 0.702. The number of hydrogen-bond donors (Lipinski definition) is 1.